The number of ether oxygens (including phenoxy) is 2. The van der Waals surface area contributed by atoms with E-state index < -0.39 is 17.0 Å². The molecule has 2 fully saturated rings. The van der Waals surface area contributed by atoms with Crippen LogP contribution < -0.4 is 10.1 Å². The molecule has 2 saturated heterocycles. The zero-order chi connectivity index (χ0) is 25.1. The first-order valence-corrected chi connectivity index (χ1v) is 14.5. The van der Waals surface area contributed by atoms with Crippen molar-refractivity contribution in [1.82, 2.24) is 14.2 Å². The van der Waals surface area contributed by atoms with E-state index in [0.717, 1.165) is 30.8 Å². The van der Waals surface area contributed by atoms with Crippen molar-refractivity contribution in [3.8, 4) is 5.88 Å². The van der Waals surface area contributed by atoms with Gasteiger partial charge < -0.3 is 24.2 Å². The van der Waals surface area contributed by atoms with Gasteiger partial charge in [-0.05, 0) is 63.4 Å². The van der Waals surface area contributed by atoms with Gasteiger partial charge in [0.25, 0.3) is 5.88 Å². The van der Waals surface area contributed by atoms with E-state index in [-0.39, 0.29) is 6.04 Å². The first kappa shape index (κ1) is 25.8. The molecule has 0 bridgehead atoms. The highest BCUT2D eigenvalue weighted by atomic mass is 32.2. The molecule has 0 radical (unpaired) electrons. The molecule has 1 spiro atoms. The Morgan fingerprint density at radius 3 is 2.61 bits per heavy atom. The third-order valence-corrected chi connectivity index (χ3v) is 9.12. The second kappa shape index (κ2) is 11.3. The summed E-state index contributed by atoms with van der Waals surface area (Å²) in [6.07, 6.45) is 5.43. The topological polar surface area (TPSA) is 72.9 Å². The van der Waals surface area contributed by atoms with Gasteiger partial charge in [0.15, 0.2) is 0 Å². The molecule has 3 aliphatic heterocycles. The monoisotopic (exact) mass is 512 g/mol. The molecular formula is C28H40N4O3S. The molecule has 1 aromatic heterocycles. The molecule has 1 unspecified atom stereocenters. The summed E-state index contributed by atoms with van der Waals surface area (Å²) >= 11 is -1.37. The molecule has 4 heterocycles. The highest BCUT2D eigenvalue weighted by Gasteiger charge is 2.46. The van der Waals surface area contributed by atoms with Crippen LogP contribution in [0.4, 0.5) is 5.82 Å². The Morgan fingerprint density at radius 1 is 1.11 bits per heavy atom. The first-order valence-electron chi connectivity index (χ1n) is 13.4. The van der Waals surface area contributed by atoms with Gasteiger partial charge >= 0.3 is 0 Å². The molecule has 0 aliphatic carbocycles. The lowest BCUT2D eigenvalue weighted by molar-refractivity contribution is -0.0553. The molecule has 8 heteroatoms. The van der Waals surface area contributed by atoms with Crippen LogP contribution in [0.2, 0.25) is 0 Å². The van der Waals surface area contributed by atoms with Crippen LogP contribution in [-0.4, -0.2) is 69.8 Å². The summed E-state index contributed by atoms with van der Waals surface area (Å²) in [6.45, 7) is 12.2. The standard InChI is InChI=1S/C28H40N4O3S/c1-21-9-5-6-10-24(21)19-32-20-28(11-15-34-16-12-28)35-27-25(36(32)33)17-22(2)26(30-27)29-23(3)18-31-13-7-4-8-14-31/h5-6,9-10,17,23H,4,7-8,11-16,18-20H2,1-3H3,(H,29,30)/t23-,36?/m1/s1. The lowest BCUT2D eigenvalue weighted by Gasteiger charge is -2.37. The fraction of sp³-hybridized carbons (Fsp3) is 0.607. The maximum absolute atomic E-state index is 14.0. The van der Waals surface area contributed by atoms with E-state index in [2.05, 4.69) is 40.5 Å². The average molecular weight is 513 g/mol. The van der Waals surface area contributed by atoms with Gasteiger partial charge in [-0.1, -0.05) is 30.7 Å². The molecular weight excluding hydrogens is 472 g/mol. The molecule has 2 aromatic rings. The highest BCUT2D eigenvalue weighted by Crippen LogP contribution is 2.40. The van der Waals surface area contributed by atoms with Gasteiger partial charge in [0, 0.05) is 31.5 Å². The predicted octanol–water partition coefficient (Wildman–Crippen LogP) is 4.45. The number of nitrogens with one attached hydrogen (secondary N) is 1. The lowest BCUT2D eigenvalue weighted by Crippen LogP contribution is -2.50. The number of likely N-dealkylation sites (tertiary alicyclic amines) is 1. The number of piperidine rings is 1. The molecule has 196 valence electrons. The summed E-state index contributed by atoms with van der Waals surface area (Å²) in [5.41, 5.74) is 2.93. The Balaban J connectivity index is 1.42. The largest absolute Gasteiger partial charge is 0.593 e. The number of benzene rings is 1. The van der Waals surface area contributed by atoms with Crippen LogP contribution in [-0.2, 0) is 22.6 Å². The number of hydrogen-bond acceptors (Lipinski definition) is 7. The molecule has 7 nitrogen and oxygen atoms in total. The van der Waals surface area contributed by atoms with E-state index in [4.69, 9.17) is 14.5 Å². The molecule has 3 aliphatic rings. The minimum absolute atomic E-state index is 0.262. The maximum Gasteiger partial charge on any atom is 0.275 e. The number of aromatic nitrogens is 1. The van der Waals surface area contributed by atoms with Crippen molar-refractivity contribution in [3.05, 3.63) is 47.0 Å². The van der Waals surface area contributed by atoms with E-state index in [1.54, 1.807) is 0 Å². The highest BCUT2D eigenvalue weighted by molar-refractivity contribution is 7.89. The summed E-state index contributed by atoms with van der Waals surface area (Å²) in [6, 6.07) is 10.6. The molecule has 5 rings (SSSR count). The number of nitrogens with zero attached hydrogens (tertiary/aromatic N) is 3. The minimum atomic E-state index is -1.37. The van der Waals surface area contributed by atoms with Gasteiger partial charge in [-0.3, -0.25) is 0 Å². The Morgan fingerprint density at radius 2 is 1.86 bits per heavy atom. The number of rotatable bonds is 6. The lowest BCUT2D eigenvalue weighted by atomic mass is 9.93. The Kier molecular flexibility index (Phi) is 8.08. The Bertz CT molecular complexity index is 1040. The molecule has 1 N–H and O–H groups in total. The van der Waals surface area contributed by atoms with Crippen molar-refractivity contribution < 1.29 is 14.0 Å². The van der Waals surface area contributed by atoms with Gasteiger partial charge in [-0.25, -0.2) is 0 Å². The van der Waals surface area contributed by atoms with Gasteiger partial charge in [0.1, 0.15) is 11.4 Å². The summed E-state index contributed by atoms with van der Waals surface area (Å²) < 4.78 is 28.4. The maximum atomic E-state index is 14.0. The van der Waals surface area contributed by atoms with Crippen molar-refractivity contribution in [1.29, 1.82) is 0 Å². The van der Waals surface area contributed by atoms with Crippen LogP contribution in [0.25, 0.3) is 0 Å². The van der Waals surface area contributed by atoms with Gasteiger partial charge in [-0.2, -0.15) is 4.98 Å². The predicted molar refractivity (Wildman–Crippen MR) is 144 cm³/mol. The first-order chi connectivity index (χ1) is 17.4. The SMILES string of the molecule is Cc1ccccc1CN1CC2(CCOCC2)Oc2nc(N[C@H](C)CN3CCCCC3)c(C)cc2[S+]1[O-]. The van der Waals surface area contributed by atoms with Crippen LogP contribution in [0.3, 0.4) is 0 Å². The molecule has 1 aromatic carbocycles. The normalized spacial score (nSPS) is 23.5. The molecule has 0 saturated carbocycles. The van der Waals surface area contributed by atoms with Crippen molar-refractivity contribution in [2.24, 2.45) is 0 Å². The molecule has 0 amide bonds. The number of anilines is 1. The fourth-order valence-electron chi connectivity index (χ4n) is 5.58. The van der Waals surface area contributed by atoms with Crippen LogP contribution in [0.15, 0.2) is 35.2 Å². The molecule has 36 heavy (non-hydrogen) atoms. The zero-order valence-corrected chi connectivity index (χ0v) is 22.7. The fourth-order valence-corrected chi connectivity index (χ4v) is 6.98. The van der Waals surface area contributed by atoms with Crippen molar-refractivity contribution in [3.63, 3.8) is 0 Å². The zero-order valence-electron chi connectivity index (χ0n) is 21.9. The van der Waals surface area contributed by atoms with Crippen LogP contribution in [0.1, 0.15) is 55.7 Å². The summed E-state index contributed by atoms with van der Waals surface area (Å²) in [5, 5.41) is 3.62. The number of aryl methyl sites for hydroxylation is 2. The van der Waals surface area contributed by atoms with Crippen LogP contribution in [0, 0.1) is 13.8 Å². The van der Waals surface area contributed by atoms with Gasteiger partial charge in [0.2, 0.25) is 4.90 Å². The average Bonchev–Trinajstić information content (AvgIpc) is 2.96. The number of fused-ring (bicyclic) bond motifs is 1. The number of pyridine rings is 1. The summed E-state index contributed by atoms with van der Waals surface area (Å²) in [7, 11) is 0. The van der Waals surface area contributed by atoms with E-state index >= 15 is 0 Å². The summed E-state index contributed by atoms with van der Waals surface area (Å²) in [5.74, 6) is 1.32. The van der Waals surface area contributed by atoms with Crippen molar-refractivity contribution in [2.75, 3.05) is 44.7 Å². The minimum Gasteiger partial charge on any atom is -0.593 e. The second-order valence-corrected chi connectivity index (χ2v) is 12.2. The smallest absolute Gasteiger partial charge is 0.275 e. The van der Waals surface area contributed by atoms with E-state index in [0.29, 0.717) is 37.1 Å². The van der Waals surface area contributed by atoms with Gasteiger partial charge in [-0.15, -0.1) is 4.31 Å². The van der Waals surface area contributed by atoms with E-state index in [9.17, 15) is 4.55 Å². The van der Waals surface area contributed by atoms with E-state index in [1.807, 2.05) is 25.1 Å². The quantitative estimate of drug-likeness (QED) is 0.573. The Hall–Kier alpha value is -1.84. The van der Waals surface area contributed by atoms with E-state index in [1.165, 1.54) is 43.5 Å². The van der Waals surface area contributed by atoms with Crippen molar-refractivity contribution in [2.45, 2.75) is 76.0 Å². The van der Waals surface area contributed by atoms with Gasteiger partial charge in [0.05, 0.1) is 37.7 Å². The molecule has 2 atom stereocenters. The van der Waals surface area contributed by atoms with Crippen LogP contribution >= 0.6 is 0 Å². The van der Waals surface area contributed by atoms with Crippen molar-refractivity contribution >= 4 is 17.2 Å². The third-order valence-electron chi connectivity index (χ3n) is 7.72. The third kappa shape index (κ3) is 5.83. The van der Waals surface area contributed by atoms with Crippen LogP contribution in [0.5, 0.6) is 5.88 Å². The Labute approximate surface area is 218 Å². The second-order valence-electron chi connectivity index (χ2n) is 10.7. The summed E-state index contributed by atoms with van der Waals surface area (Å²) in [4.78, 5) is 8.15. The number of hydrogen-bond donors (Lipinski definition) is 1.